The Kier molecular flexibility index (Phi) is 5.45. The molecule has 0 heterocycles. The van der Waals surface area contributed by atoms with Crippen molar-refractivity contribution in [2.45, 2.75) is 26.4 Å². The largest absolute Gasteiger partial charge is 0.367 e. The number of nitrogens with zero attached hydrogens (tertiary/aromatic N) is 1. The minimum absolute atomic E-state index is 0.478. The van der Waals surface area contributed by atoms with Gasteiger partial charge in [0.1, 0.15) is 0 Å². The molecule has 0 spiro atoms. The molecule has 2 N–H and O–H groups in total. The summed E-state index contributed by atoms with van der Waals surface area (Å²) in [5.74, 6) is 0. The minimum atomic E-state index is 0.478. The van der Waals surface area contributed by atoms with E-state index in [1.54, 1.807) is 0 Å². The van der Waals surface area contributed by atoms with Crippen molar-refractivity contribution in [2.75, 3.05) is 11.4 Å². The predicted octanol–water partition coefficient (Wildman–Crippen LogP) is 4.22. The highest BCUT2D eigenvalue weighted by atomic mass is 35.5. The molecule has 0 unspecified atom stereocenters. The number of hydrogen-bond acceptors (Lipinski definition) is 2. The maximum Gasteiger partial charge on any atom is 0.0471 e. The monoisotopic (exact) mass is 288 g/mol. The van der Waals surface area contributed by atoms with E-state index in [0.717, 1.165) is 35.8 Å². The van der Waals surface area contributed by atoms with E-state index in [2.05, 4.69) is 42.2 Å². The second-order valence-corrected chi connectivity index (χ2v) is 5.29. The first-order valence-electron chi connectivity index (χ1n) is 7.02. The van der Waals surface area contributed by atoms with Crippen molar-refractivity contribution < 1.29 is 0 Å². The normalized spacial score (nSPS) is 10.6. The maximum atomic E-state index is 6.27. The molecule has 2 aromatic carbocycles. The van der Waals surface area contributed by atoms with E-state index in [1.165, 1.54) is 5.56 Å². The molecule has 0 radical (unpaired) electrons. The van der Waals surface area contributed by atoms with Gasteiger partial charge in [-0.15, -0.1) is 0 Å². The fraction of sp³-hybridized carbons (Fsp3) is 0.294. The van der Waals surface area contributed by atoms with Gasteiger partial charge in [-0.1, -0.05) is 54.9 Å². The van der Waals surface area contributed by atoms with Crippen LogP contribution in [0.25, 0.3) is 0 Å². The maximum absolute atomic E-state index is 6.27. The van der Waals surface area contributed by atoms with Crippen LogP contribution in [0.1, 0.15) is 24.5 Å². The standard InChI is InChI=1S/C17H21ClN2/c1-2-10-20(13-14-6-4-3-5-7-14)16-9-8-15(12-19)17(18)11-16/h3-9,11H,2,10,12-13,19H2,1H3. The smallest absolute Gasteiger partial charge is 0.0471 e. The van der Waals surface area contributed by atoms with Gasteiger partial charge in [-0.2, -0.15) is 0 Å². The molecule has 0 atom stereocenters. The zero-order valence-electron chi connectivity index (χ0n) is 11.8. The van der Waals surface area contributed by atoms with Gasteiger partial charge in [0, 0.05) is 30.3 Å². The number of rotatable bonds is 6. The van der Waals surface area contributed by atoms with Crippen LogP contribution >= 0.6 is 11.6 Å². The van der Waals surface area contributed by atoms with E-state index in [4.69, 9.17) is 17.3 Å². The van der Waals surface area contributed by atoms with Gasteiger partial charge >= 0.3 is 0 Å². The summed E-state index contributed by atoms with van der Waals surface area (Å²) in [6.45, 7) is 4.57. The molecule has 0 aromatic heterocycles. The molecule has 2 aromatic rings. The second kappa shape index (κ2) is 7.32. The molecule has 0 aliphatic carbocycles. The van der Waals surface area contributed by atoms with Gasteiger partial charge in [0.2, 0.25) is 0 Å². The Balaban J connectivity index is 2.22. The lowest BCUT2D eigenvalue weighted by atomic mass is 10.1. The van der Waals surface area contributed by atoms with Crippen molar-refractivity contribution in [2.24, 2.45) is 5.73 Å². The molecule has 0 bridgehead atoms. The predicted molar refractivity (Wildman–Crippen MR) is 87.1 cm³/mol. The molecular formula is C17H21ClN2. The molecule has 106 valence electrons. The van der Waals surface area contributed by atoms with E-state index < -0.39 is 0 Å². The van der Waals surface area contributed by atoms with Crippen LogP contribution in [0.3, 0.4) is 0 Å². The lowest BCUT2D eigenvalue weighted by Crippen LogP contribution is -2.23. The summed E-state index contributed by atoms with van der Waals surface area (Å²) in [4.78, 5) is 2.35. The fourth-order valence-electron chi connectivity index (χ4n) is 2.27. The number of benzene rings is 2. The van der Waals surface area contributed by atoms with Crippen molar-refractivity contribution in [3.63, 3.8) is 0 Å². The summed E-state index contributed by atoms with van der Waals surface area (Å²) in [6.07, 6.45) is 1.10. The molecule has 0 saturated carbocycles. The van der Waals surface area contributed by atoms with E-state index in [1.807, 2.05) is 18.2 Å². The molecular weight excluding hydrogens is 268 g/mol. The van der Waals surface area contributed by atoms with Gasteiger partial charge < -0.3 is 10.6 Å². The van der Waals surface area contributed by atoms with Gasteiger partial charge in [0.25, 0.3) is 0 Å². The Morgan fingerprint density at radius 2 is 1.85 bits per heavy atom. The van der Waals surface area contributed by atoms with E-state index >= 15 is 0 Å². The van der Waals surface area contributed by atoms with Crippen LogP contribution in [0.2, 0.25) is 5.02 Å². The highest BCUT2D eigenvalue weighted by molar-refractivity contribution is 6.31. The molecule has 2 rings (SSSR count). The quantitative estimate of drug-likeness (QED) is 0.862. The van der Waals surface area contributed by atoms with Crippen LogP contribution in [0, 0.1) is 0 Å². The van der Waals surface area contributed by atoms with Crippen LogP contribution in [-0.2, 0) is 13.1 Å². The van der Waals surface area contributed by atoms with Crippen LogP contribution < -0.4 is 10.6 Å². The fourth-order valence-corrected chi connectivity index (χ4v) is 2.52. The Hall–Kier alpha value is -1.51. The van der Waals surface area contributed by atoms with Crippen molar-refractivity contribution in [1.82, 2.24) is 0 Å². The summed E-state index contributed by atoms with van der Waals surface area (Å²) in [7, 11) is 0. The molecule has 3 heteroatoms. The number of anilines is 1. The van der Waals surface area contributed by atoms with Crippen molar-refractivity contribution in [1.29, 1.82) is 0 Å². The zero-order valence-corrected chi connectivity index (χ0v) is 12.6. The first kappa shape index (κ1) is 14.9. The number of hydrogen-bond donors (Lipinski definition) is 1. The first-order chi connectivity index (χ1) is 9.74. The molecule has 0 amide bonds. The third-order valence-corrected chi connectivity index (χ3v) is 3.68. The average molecular weight is 289 g/mol. The molecule has 0 aliphatic heterocycles. The van der Waals surface area contributed by atoms with Gasteiger partial charge in [-0.25, -0.2) is 0 Å². The Labute approximate surface area is 126 Å². The average Bonchev–Trinajstić information content (AvgIpc) is 2.48. The van der Waals surface area contributed by atoms with Crippen molar-refractivity contribution in [3.05, 3.63) is 64.7 Å². The van der Waals surface area contributed by atoms with E-state index in [0.29, 0.717) is 6.54 Å². The van der Waals surface area contributed by atoms with Crippen LogP contribution in [0.15, 0.2) is 48.5 Å². The summed E-state index contributed by atoms with van der Waals surface area (Å²) >= 11 is 6.27. The summed E-state index contributed by atoms with van der Waals surface area (Å²) in [6, 6.07) is 16.6. The molecule has 0 saturated heterocycles. The third kappa shape index (κ3) is 3.75. The van der Waals surface area contributed by atoms with Crippen LogP contribution in [0.4, 0.5) is 5.69 Å². The zero-order chi connectivity index (χ0) is 14.4. The molecule has 20 heavy (non-hydrogen) atoms. The minimum Gasteiger partial charge on any atom is -0.367 e. The van der Waals surface area contributed by atoms with E-state index in [9.17, 15) is 0 Å². The summed E-state index contributed by atoms with van der Waals surface area (Å²) in [5, 5.41) is 0.749. The lowest BCUT2D eigenvalue weighted by Gasteiger charge is -2.25. The second-order valence-electron chi connectivity index (χ2n) is 4.89. The highest BCUT2D eigenvalue weighted by Crippen LogP contribution is 2.25. The van der Waals surface area contributed by atoms with Gasteiger partial charge in [-0.05, 0) is 29.7 Å². The van der Waals surface area contributed by atoms with Gasteiger partial charge in [-0.3, -0.25) is 0 Å². The topological polar surface area (TPSA) is 29.3 Å². The summed E-state index contributed by atoms with van der Waals surface area (Å²) in [5.41, 5.74) is 9.11. The third-order valence-electron chi connectivity index (χ3n) is 3.33. The van der Waals surface area contributed by atoms with Crippen LogP contribution in [-0.4, -0.2) is 6.54 Å². The Bertz CT molecular complexity index is 540. The number of halogens is 1. The SMILES string of the molecule is CCCN(Cc1ccccc1)c1ccc(CN)c(Cl)c1. The van der Waals surface area contributed by atoms with Gasteiger partial charge in [0.05, 0.1) is 0 Å². The Morgan fingerprint density at radius 3 is 2.45 bits per heavy atom. The Morgan fingerprint density at radius 1 is 1.10 bits per heavy atom. The first-order valence-corrected chi connectivity index (χ1v) is 7.39. The van der Waals surface area contributed by atoms with Crippen molar-refractivity contribution >= 4 is 17.3 Å². The molecule has 0 fully saturated rings. The molecule has 0 aliphatic rings. The summed E-state index contributed by atoms with van der Waals surface area (Å²) < 4.78 is 0. The lowest BCUT2D eigenvalue weighted by molar-refractivity contribution is 0.767. The molecule has 2 nitrogen and oxygen atoms in total. The van der Waals surface area contributed by atoms with Crippen molar-refractivity contribution in [3.8, 4) is 0 Å². The highest BCUT2D eigenvalue weighted by Gasteiger charge is 2.08. The van der Waals surface area contributed by atoms with Crippen LogP contribution in [0.5, 0.6) is 0 Å². The van der Waals surface area contributed by atoms with E-state index in [-0.39, 0.29) is 0 Å². The van der Waals surface area contributed by atoms with Gasteiger partial charge in [0.15, 0.2) is 0 Å². The number of nitrogens with two attached hydrogens (primary N) is 1.